The summed E-state index contributed by atoms with van der Waals surface area (Å²) in [6.45, 7) is 1.29. The minimum atomic E-state index is -0.245. The Kier molecular flexibility index (Phi) is 6.59. The molecule has 5 heteroatoms. The molecule has 0 fully saturated rings. The molecule has 0 bridgehead atoms. The van der Waals surface area contributed by atoms with E-state index in [-0.39, 0.29) is 12.6 Å². The number of aliphatic hydroxyl groups is 1. The van der Waals surface area contributed by atoms with Gasteiger partial charge in [0.1, 0.15) is 0 Å². The summed E-state index contributed by atoms with van der Waals surface area (Å²) in [4.78, 5) is 11.9. The molecular weight excluding hydrogens is 292 g/mol. The van der Waals surface area contributed by atoms with Crippen LogP contribution in [-0.4, -0.2) is 18.2 Å². The Balaban J connectivity index is 1.86. The van der Waals surface area contributed by atoms with Gasteiger partial charge in [0, 0.05) is 20.2 Å². The van der Waals surface area contributed by atoms with Gasteiger partial charge in [0.05, 0.1) is 13.2 Å². The van der Waals surface area contributed by atoms with E-state index in [1.807, 2.05) is 48.5 Å². The fourth-order valence-electron chi connectivity index (χ4n) is 2.32. The summed E-state index contributed by atoms with van der Waals surface area (Å²) < 4.78 is 5.15. The summed E-state index contributed by atoms with van der Waals surface area (Å²) in [5, 5.41) is 14.9. The maximum Gasteiger partial charge on any atom is 0.315 e. The van der Waals surface area contributed by atoms with Crippen LogP contribution < -0.4 is 10.6 Å². The topological polar surface area (TPSA) is 70.6 Å². The van der Waals surface area contributed by atoms with Gasteiger partial charge >= 0.3 is 6.03 Å². The van der Waals surface area contributed by atoms with Gasteiger partial charge in [-0.1, -0.05) is 48.5 Å². The van der Waals surface area contributed by atoms with Gasteiger partial charge in [-0.05, 0) is 22.3 Å². The van der Waals surface area contributed by atoms with Gasteiger partial charge in [-0.25, -0.2) is 4.79 Å². The number of rotatable bonds is 7. The van der Waals surface area contributed by atoms with Crippen molar-refractivity contribution in [3.63, 3.8) is 0 Å². The van der Waals surface area contributed by atoms with Crippen LogP contribution in [0.25, 0.3) is 0 Å². The Labute approximate surface area is 136 Å². The third-order valence-electron chi connectivity index (χ3n) is 3.59. The van der Waals surface area contributed by atoms with Crippen LogP contribution in [0.2, 0.25) is 0 Å². The number of benzene rings is 2. The summed E-state index contributed by atoms with van der Waals surface area (Å²) in [6.07, 6.45) is 0. The second-order valence-electron chi connectivity index (χ2n) is 5.16. The molecule has 2 amide bonds. The van der Waals surface area contributed by atoms with Crippen LogP contribution >= 0.6 is 0 Å². The van der Waals surface area contributed by atoms with Crippen molar-refractivity contribution in [2.75, 3.05) is 7.11 Å². The summed E-state index contributed by atoms with van der Waals surface area (Å²) >= 11 is 0. The number of amides is 2. The fourth-order valence-corrected chi connectivity index (χ4v) is 2.32. The van der Waals surface area contributed by atoms with Crippen molar-refractivity contribution >= 4 is 6.03 Å². The first kappa shape index (κ1) is 17.0. The molecule has 0 aliphatic rings. The minimum absolute atomic E-state index is 0.0378. The zero-order valence-electron chi connectivity index (χ0n) is 13.2. The van der Waals surface area contributed by atoms with Gasteiger partial charge in [-0.15, -0.1) is 0 Å². The molecule has 0 atom stereocenters. The molecule has 2 rings (SSSR count). The largest absolute Gasteiger partial charge is 0.392 e. The molecule has 0 unspecified atom stereocenters. The number of nitrogens with one attached hydrogen (secondary N) is 2. The lowest BCUT2D eigenvalue weighted by Gasteiger charge is -2.12. The van der Waals surface area contributed by atoms with Crippen molar-refractivity contribution < 1.29 is 14.6 Å². The molecule has 2 aromatic rings. The number of carbonyl (C=O) groups excluding carboxylic acids is 1. The zero-order chi connectivity index (χ0) is 16.5. The normalized spacial score (nSPS) is 10.3. The second-order valence-corrected chi connectivity index (χ2v) is 5.16. The second kappa shape index (κ2) is 8.92. The van der Waals surface area contributed by atoms with Gasteiger partial charge in [0.25, 0.3) is 0 Å². The highest BCUT2D eigenvalue weighted by Gasteiger charge is 2.06. The van der Waals surface area contributed by atoms with E-state index < -0.39 is 0 Å². The van der Waals surface area contributed by atoms with Crippen LogP contribution in [0.1, 0.15) is 22.3 Å². The SMILES string of the molecule is COCc1ccccc1CNC(=O)NCc1ccccc1CO. The van der Waals surface area contributed by atoms with Crippen LogP contribution in [0.4, 0.5) is 4.79 Å². The maximum atomic E-state index is 11.9. The van der Waals surface area contributed by atoms with E-state index in [4.69, 9.17) is 4.74 Å². The number of urea groups is 1. The van der Waals surface area contributed by atoms with Crippen molar-refractivity contribution in [1.29, 1.82) is 0 Å². The van der Waals surface area contributed by atoms with E-state index in [1.54, 1.807) is 7.11 Å². The monoisotopic (exact) mass is 314 g/mol. The molecule has 0 aliphatic heterocycles. The Hall–Kier alpha value is -2.37. The van der Waals surface area contributed by atoms with Crippen molar-refractivity contribution in [3.8, 4) is 0 Å². The van der Waals surface area contributed by atoms with Crippen molar-refractivity contribution in [2.45, 2.75) is 26.3 Å². The van der Waals surface area contributed by atoms with E-state index in [0.29, 0.717) is 19.7 Å². The zero-order valence-corrected chi connectivity index (χ0v) is 13.2. The van der Waals surface area contributed by atoms with Gasteiger partial charge in [0.2, 0.25) is 0 Å². The van der Waals surface area contributed by atoms with E-state index >= 15 is 0 Å². The lowest BCUT2D eigenvalue weighted by Crippen LogP contribution is -2.35. The van der Waals surface area contributed by atoms with Gasteiger partial charge in [-0.2, -0.15) is 0 Å². The molecule has 23 heavy (non-hydrogen) atoms. The van der Waals surface area contributed by atoms with Crippen molar-refractivity contribution in [1.82, 2.24) is 10.6 Å². The molecule has 122 valence electrons. The Morgan fingerprint density at radius 2 is 1.39 bits per heavy atom. The van der Waals surface area contributed by atoms with E-state index in [2.05, 4.69) is 10.6 Å². The van der Waals surface area contributed by atoms with Gasteiger partial charge < -0.3 is 20.5 Å². The van der Waals surface area contributed by atoms with Crippen molar-refractivity contribution in [2.24, 2.45) is 0 Å². The Morgan fingerprint density at radius 1 is 0.913 bits per heavy atom. The number of methoxy groups -OCH3 is 1. The predicted octanol–water partition coefficient (Wildman–Crippen LogP) is 2.32. The maximum absolute atomic E-state index is 11.9. The summed E-state index contributed by atoms with van der Waals surface area (Å²) in [5.74, 6) is 0. The predicted molar refractivity (Wildman–Crippen MR) is 88.6 cm³/mol. The lowest BCUT2D eigenvalue weighted by atomic mass is 10.1. The number of carbonyl (C=O) groups is 1. The van der Waals surface area contributed by atoms with E-state index in [1.165, 1.54) is 0 Å². The molecule has 2 aromatic carbocycles. The number of hydrogen-bond acceptors (Lipinski definition) is 3. The average molecular weight is 314 g/mol. The third kappa shape index (κ3) is 5.09. The number of hydrogen-bond donors (Lipinski definition) is 3. The highest BCUT2D eigenvalue weighted by Crippen LogP contribution is 2.10. The van der Waals surface area contributed by atoms with Crippen LogP contribution in [0.5, 0.6) is 0 Å². The average Bonchev–Trinajstić information content (AvgIpc) is 2.59. The van der Waals surface area contributed by atoms with Crippen LogP contribution in [-0.2, 0) is 31.0 Å². The first-order chi connectivity index (χ1) is 11.2. The highest BCUT2D eigenvalue weighted by atomic mass is 16.5. The van der Waals surface area contributed by atoms with Crippen molar-refractivity contribution in [3.05, 3.63) is 70.8 Å². The molecule has 0 radical (unpaired) electrons. The van der Waals surface area contributed by atoms with Gasteiger partial charge in [-0.3, -0.25) is 0 Å². The quantitative estimate of drug-likeness (QED) is 0.734. The number of aliphatic hydroxyl groups excluding tert-OH is 1. The molecule has 0 spiro atoms. The van der Waals surface area contributed by atoms with Crippen LogP contribution in [0, 0.1) is 0 Å². The summed E-state index contributed by atoms with van der Waals surface area (Å²) in [7, 11) is 1.65. The lowest BCUT2D eigenvalue weighted by molar-refractivity contribution is 0.184. The highest BCUT2D eigenvalue weighted by molar-refractivity contribution is 5.73. The summed E-state index contributed by atoms with van der Waals surface area (Å²) in [6, 6.07) is 15.1. The summed E-state index contributed by atoms with van der Waals surface area (Å²) in [5.41, 5.74) is 3.81. The first-order valence-corrected chi connectivity index (χ1v) is 7.49. The third-order valence-corrected chi connectivity index (χ3v) is 3.59. The van der Waals surface area contributed by atoms with E-state index in [0.717, 1.165) is 22.3 Å². The first-order valence-electron chi connectivity index (χ1n) is 7.49. The molecule has 0 aromatic heterocycles. The van der Waals surface area contributed by atoms with Gasteiger partial charge in [0.15, 0.2) is 0 Å². The minimum Gasteiger partial charge on any atom is -0.392 e. The molecule has 3 N–H and O–H groups in total. The molecule has 5 nitrogen and oxygen atoms in total. The number of ether oxygens (including phenoxy) is 1. The molecule has 0 saturated heterocycles. The van der Waals surface area contributed by atoms with Crippen LogP contribution in [0.3, 0.4) is 0 Å². The standard InChI is InChI=1S/C18H22N2O3/c1-23-13-17-9-5-3-7-15(17)11-20-18(22)19-10-14-6-2-4-8-16(14)12-21/h2-9,21H,10-13H2,1H3,(H2,19,20,22). The molecular formula is C18H22N2O3. The smallest absolute Gasteiger partial charge is 0.315 e. The molecule has 0 saturated carbocycles. The molecule has 0 heterocycles. The Morgan fingerprint density at radius 3 is 1.91 bits per heavy atom. The fraction of sp³-hybridized carbons (Fsp3) is 0.278. The van der Waals surface area contributed by atoms with E-state index in [9.17, 15) is 9.90 Å². The van der Waals surface area contributed by atoms with Crippen LogP contribution in [0.15, 0.2) is 48.5 Å². The molecule has 0 aliphatic carbocycles. The Bertz CT molecular complexity index is 644.